The van der Waals surface area contributed by atoms with Crippen LogP contribution >= 0.6 is 0 Å². The minimum Gasteiger partial charge on any atom is -0.444 e. The molecule has 2 aromatic rings. The molecule has 1 N–H and O–H groups in total. The number of aromatic nitrogens is 2. The monoisotopic (exact) mass is 262 g/mol. The van der Waals surface area contributed by atoms with E-state index >= 15 is 0 Å². The summed E-state index contributed by atoms with van der Waals surface area (Å²) >= 11 is 0. The Morgan fingerprint density at radius 3 is 2.63 bits per heavy atom. The minimum absolute atomic E-state index is 0.00479. The molecule has 0 amide bonds. The van der Waals surface area contributed by atoms with Gasteiger partial charge in [0, 0.05) is 5.56 Å². The molecule has 0 saturated heterocycles. The lowest BCUT2D eigenvalue weighted by molar-refractivity contribution is -0.385. The molecule has 100 valence electrons. The highest BCUT2D eigenvalue weighted by molar-refractivity contribution is 5.47. The van der Waals surface area contributed by atoms with Crippen LogP contribution in [0.4, 0.5) is 11.5 Å². The van der Waals surface area contributed by atoms with E-state index in [0.29, 0.717) is 17.3 Å². The standard InChI is InChI=1S/C12H14N4O3/c1-7-4-11(13-6-10(7)16(17)18)15-9(3)12-14-5-8(2)19-12/h4-6,9H,1-3H3,(H,13,15). The third-order valence-corrected chi connectivity index (χ3v) is 2.65. The summed E-state index contributed by atoms with van der Waals surface area (Å²) in [5.74, 6) is 1.83. The maximum atomic E-state index is 10.7. The van der Waals surface area contributed by atoms with Crippen molar-refractivity contribution >= 4 is 11.5 Å². The van der Waals surface area contributed by atoms with E-state index in [1.165, 1.54) is 6.20 Å². The van der Waals surface area contributed by atoms with Crippen LogP contribution in [-0.2, 0) is 0 Å². The van der Waals surface area contributed by atoms with E-state index in [4.69, 9.17) is 4.42 Å². The van der Waals surface area contributed by atoms with E-state index in [0.717, 1.165) is 5.76 Å². The van der Waals surface area contributed by atoms with Gasteiger partial charge in [-0.2, -0.15) is 0 Å². The predicted octanol–water partition coefficient (Wildman–Crippen LogP) is 2.77. The number of rotatable bonds is 4. The van der Waals surface area contributed by atoms with Crippen molar-refractivity contribution in [2.75, 3.05) is 5.32 Å². The van der Waals surface area contributed by atoms with Gasteiger partial charge in [-0.15, -0.1) is 0 Å². The van der Waals surface area contributed by atoms with Crippen molar-refractivity contribution in [1.82, 2.24) is 9.97 Å². The Bertz CT molecular complexity index is 609. The minimum atomic E-state index is -0.451. The molecule has 7 heteroatoms. The van der Waals surface area contributed by atoms with E-state index in [1.807, 2.05) is 13.8 Å². The SMILES string of the molecule is Cc1cnc(C(C)Nc2cc(C)c([N+](=O)[O-])cn2)o1. The van der Waals surface area contributed by atoms with Crippen molar-refractivity contribution < 1.29 is 9.34 Å². The Labute approximate surface area is 109 Å². The fourth-order valence-electron chi connectivity index (χ4n) is 1.67. The van der Waals surface area contributed by atoms with Crippen molar-refractivity contribution in [3.05, 3.63) is 45.8 Å². The van der Waals surface area contributed by atoms with Crippen LogP contribution in [0.15, 0.2) is 22.9 Å². The topological polar surface area (TPSA) is 94.1 Å². The second-order valence-electron chi connectivity index (χ2n) is 4.29. The van der Waals surface area contributed by atoms with Gasteiger partial charge in [-0.3, -0.25) is 10.1 Å². The molecule has 0 bridgehead atoms. The lowest BCUT2D eigenvalue weighted by atomic mass is 10.2. The van der Waals surface area contributed by atoms with Crippen LogP contribution in [0, 0.1) is 24.0 Å². The molecule has 1 unspecified atom stereocenters. The average molecular weight is 262 g/mol. The zero-order valence-corrected chi connectivity index (χ0v) is 10.9. The van der Waals surface area contributed by atoms with Gasteiger partial charge in [0.05, 0.1) is 11.1 Å². The maximum Gasteiger partial charge on any atom is 0.290 e. The van der Waals surface area contributed by atoms with Gasteiger partial charge in [0.2, 0.25) is 5.89 Å². The zero-order valence-electron chi connectivity index (χ0n) is 10.9. The quantitative estimate of drug-likeness (QED) is 0.672. The van der Waals surface area contributed by atoms with Crippen molar-refractivity contribution in [2.24, 2.45) is 0 Å². The molecule has 0 aliphatic carbocycles. The summed E-state index contributed by atoms with van der Waals surface area (Å²) in [5, 5.41) is 13.8. The second kappa shape index (κ2) is 5.05. The number of pyridine rings is 1. The number of anilines is 1. The van der Waals surface area contributed by atoms with Crippen LogP contribution in [0.25, 0.3) is 0 Å². The summed E-state index contributed by atoms with van der Waals surface area (Å²) in [7, 11) is 0. The number of hydrogen-bond donors (Lipinski definition) is 1. The molecular formula is C12H14N4O3. The highest BCUT2D eigenvalue weighted by Gasteiger charge is 2.15. The molecule has 0 saturated carbocycles. The van der Waals surface area contributed by atoms with E-state index in [-0.39, 0.29) is 11.7 Å². The fraction of sp³-hybridized carbons (Fsp3) is 0.333. The lowest BCUT2D eigenvalue weighted by Crippen LogP contribution is -2.08. The van der Waals surface area contributed by atoms with Crippen LogP contribution in [0.2, 0.25) is 0 Å². The van der Waals surface area contributed by atoms with Gasteiger partial charge >= 0.3 is 0 Å². The van der Waals surface area contributed by atoms with Crippen molar-refractivity contribution in [3.63, 3.8) is 0 Å². The molecule has 0 spiro atoms. The molecule has 2 aromatic heterocycles. The van der Waals surface area contributed by atoms with Gasteiger partial charge in [0.1, 0.15) is 23.8 Å². The zero-order chi connectivity index (χ0) is 14.0. The Morgan fingerprint density at radius 1 is 1.37 bits per heavy atom. The summed E-state index contributed by atoms with van der Waals surface area (Å²) in [5.41, 5.74) is 0.559. The number of aryl methyl sites for hydroxylation is 2. The Kier molecular flexibility index (Phi) is 3.46. The van der Waals surface area contributed by atoms with E-state index in [2.05, 4.69) is 15.3 Å². The average Bonchev–Trinajstić information content (AvgIpc) is 2.75. The van der Waals surface area contributed by atoms with Crippen molar-refractivity contribution in [3.8, 4) is 0 Å². The number of hydrogen-bond acceptors (Lipinski definition) is 6. The van der Waals surface area contributed by atoms with E-state index < -0.39 is 4.92 Å². The van der Waals surface area contributed by atoms with Gasteiger partial charge < -0.3 is 9.73 Å². The highest BCUT2D eigenvalue weighted by atomic mass is 16.6. The molecule has 0 aromatic carbocycles. The van der Waals surface area contributed by atoms with Crippen LogP contribution in [0.1, 0.15) is 30.2 Å². The molecule has 0 aliphatic rings. The summed E-state index contributed by atoms with van der Waals surface area (Å²) in [6.07, 6.45) is 2.88. The molecule has 0 fully saturated rings. The van der Waals surface area contributed by atoms with Crippen LogP contribution < -0.4 is 5.32 Å². The molecule has 0 radical (unpaired) electrons. The summed E-state index contributed by atoms with van der Waals surface area (Å²) < 4.78 is 5.40. The molecular weight excluding hydrogens is 248 g/mol. The van der Waals surface area contributed by atoms with Crippen molar-refractivity contribution in [2.45, 2.75) is 26.8 Å². The van der Waals surface area contributed by atoms with Gasteiger partial charge in [-0.25, -0.2) is 9.97 Å². The highest BCUT2D eigenvalue weighted by Crippen LogP contribution is 2.22. The molecule has 1 atom stereocenters. The first-order valence-corrected chi connectivity index (χ1v) is 5.77. The summed E-state index contributed by atoms with van der Waals surface area (Å²) in [6, 6.07) is 1.46. The normalized spacial score (nSPS) is 12.2. The third-order valence-electron chi connectivity index (χ3n) is 2.65. The van der Waals surface area contributed by atoms with Crippen LogP contribution in [0.3, 0.4) is 0 Å². The Morgan fingerprint density at radius 2 is 2.11 bits per heavy atom. The van der Waals surface area contributed by atoms with Gasteiger partial charge in [0.25, 0.3) is 5.69 Å². The Balaban J connectivity index is 2.15. The van der Waals surface area contributed by atoms with Gasteiger partial charge in [-0.1, -0.05) is 0 Å². The fourth-order valence-corrected chi connectivity index (χ4v) is 1.67. The van der Waals surface area contributed by atoms with E-state index in [1.54, 1.807) is 19.2 Å². The van der Waals surface area contributed by atoms with Crippen molar-refractivity contribution in [1.29, 1.82) is 0 Å². The first-order chi connectivity index (χ1) is 8.97. The van der Waals surface area contributed by atoms with Crippen LogP contribution in [0.5, 0.6) is 0 Å². The number of nitro groups is 1. The molecule has 2 heterocycles. The largest absolute Gasteiger partial charge is 0.444 e. The van der Waals surface area contributed by atoms with E-state index in [9.17, 15) is 10.1 Å². The molecule has 0 aliphatic heterocycles. The van der Waals surface area contributed by atoms with Gasteiger partial charge in [0.15, 0.2) is 0 Å². The first kappa shape index (κ1) is 13.0. The summed E-state index contributed by atoms with van der Waals surface area (Å²) in [6.45, 7) is 5.37. The molecule has 7 nitrogen and oxygen atoms in total. The number of oxazole rings is 1. The maximum absolute atomic E-state index is 10.7. The Hall–Kier alpha value is -2.44. The number of nitrogens with zero attached hydrogens (tertiary/aromatic N) is 3. The molecule has 19 heavy (non-hydrogen) atoms. The summed E-state index contributed by atoms with van der Waals surface area (Å²) in [4.78, 5) is 18.4. The predicted molar refractivity (Wildman–Crippen MR) is 68.9 cm³/mol. The van der Waals surface area contributed by atoms with Crippen LogP contribution in [-0.4, -0.2) is 14.9 Å². The smallest absolute Gasteiger partial charge is 0.290 e. The third kappa shape index (κ3) is 2.87. The first-order valence-electron chi connectivity index (χ1n) is 5.77. The molecule has 2 rings (SSSR count). The number of nitrogens with one attached hydrogen (secondary N) is 1. The van der Waals surface area contributed by atoms with Gasteiger partial charge in [-0.05, 0) is 26.8 Å². The lowest BCUT2D eigenvalue weighted by Gasteiger charge is -2.11. The second-order valence-corrected chi connectivity index (χ2v) is 4.29.